The van der Waals surface area contributed by atoms with E-state index in [1.807, 2.05) is 13.0 Å². The Balaban J connectivity index is 2.15. The van der Waals surface area contributed by atoms with Crippen LogP contribution in [0.2, 0.25) is 0 Å². The first kappa shape index (κ1) is 18.5. The van der Waals surface area contributed by atoms with E-state index in [0.717, 1.165) is 16.9 Å². The lowest BCUT2D eigenvalue weighted by molar-refractivity contribution is 0.286. The van der Waals surface area contributed by atoms with Crippen LogP contribution in [0.3, 0.4) is 0 Å². The van der Waals surface area contributed by atoms with E-state index in [0.29, 0.717) is 31.0 Å². The Labute approximate surface area is 151 Å². The van der Waals surface area contributed by atoms with Gasteiger partial charge < -0.3 is 4.74 Å². The molecule has 0 amide bonds. The van der Waals surface area contributed by atoms with Gasteiger partial charge in [-0.15, -0.1) is 0 Å². The van der Waals surface area contributed by atoms with Gasteiger partial charge in [-0.3, -0.25) is 0 Å². The summed E-state index contributed by atoms with van der Waals surface area (Å²) < 4.78 is 32.8. The Morgan fingerprint density at radius 1 is 1.28 bits per heavy atom. The van der Waals surface area contributed by atoms with Gasteiger partial charge in [-0.2, -0.15) is 4.31 Å². The van der Waals surface area contributed by atoms with Crippen LogP contribution in [0, 0.1) is 0 Å². The van der Waals surface area contributed by atoms with Crippen LogP contribution in [0.15, 0.2) is 17.0 Å². The van der Waals surface area contributed by atoms with Gasteiger partial charge in [0.25, 0.3) is 0 Å². The van der Waals surface area contributed by atoms with E-state index >= 15 is 0 Å². The molecule has 3 rings (SSSR count). The normalized spacial score (nSPS) is 23.7. The number of hydrogen-bond donors (Lipinski definition) is 0. The van der Waals surface area contributed by atoms with Gasteiger partial charge >= 0.3 is 0 Å². The van der Waals surface area contributed by atoms with Crippen molar-refractivity contribution in [2.75, 3.05) is 19.7 Å². The molecule has 25 heavy (non-hydrogen) atoms. The van der Waals surface area contributed by atoms with Gasteiger partial charge in [-0.1, -0.05) is 41.5 Å². The standard InChI is InChI=1S/C20H29NO3S/c1-7-21-9-8-15(25(21,22)23)10-14-11-16(19(2,3)4)18-17(12-14)20(5,6)13-24-18/h10-12H,7-9,13H2,1-6H3/b15-10+. The van der Waals surface area contributed by atoms with Gasteiger partial charge in [-0.05, 0) is 35.6 Å². The van der Waals surface area contributed by atoms with Gasteiger partial charge in [0, 0.05) is 29.6 Å². The molecule has 2 aliphatic heterocycles. The fourth-order valence-electron chi connectivity index (χ4n) is 3.59. The third kappa shape index (κ3) is 3.13. The summed E-state index contributed by atoms with van der Waals surface area (Å²) in [5.41, 5.74) is 3.15. The van der Waals surface area contributed by atoms with Crippen LogP contribution in [0.4, 0.5) is 0 Å². The van der Waals surface area contributed by atoms with E-state index in [-0.39, 0.29) is 10.8 Å². The fraction of sp³-hybridized carbons (Fsp3) is 0.600. The van der Waals surface area contributed by atoms with Gasteiger partial charge in [0.1, 0.15) is 5.75 Å². The van der Waals surface area contributed by atoms with Crippen molar-refractivity contribution in [2.45, 2.75) is 58.8 Å². The Morgan fingerprint density at radius 2 is 1.96 bits per heavy atom. The number of benzene rings is 1. The quantitative estimate of drug-likeness (QED) is 0.796. The molecule has 138 valence electrons. The Hall–Kier alpha value is -1.33. The maximum atomic E-state index is 12.6. The average molecular weight is 364 g/mol. The van der Waals surface area contributed by atoms with Crippen molar-refractivity contribution < 1.29 is 13.2 Å². The molecule has 5 heteroatoms. The first-order chi connectivity index (χ1) is 11.5. The van der Waals surface area contributed by atoms with Gasteiger partial charge in [0.2, 0.25) is 10.0 Å². The molecular formula is C20H29NO3S. The predicted octanol–water partition coefficient (Wildman–Crippen LogP) is 4.05. The van der Waals surface area contributed by atoms with E-state index in [1.165, 1.54) is 5.56 Å². The van der Waals surface area contributed by atoms with Crippen LogP contribution in [-0.2, 0) is 20.9 Å². The minimum atomic E-state index is -3.30. The summed E-state index contributed by atoms with van der Waals surface area (Å²) in [6.45, 7) is 14.5. The monoisotopic (exact) mass is 363 g/mol. The molecule has 4 nitrogen and oxygen atoms in total. The first-order valence-electron chi connectivity index (χ1n) is 8.99. The highest BCUT2D eigenvalue weighted by Crippen LogP contribution is 2.45. The zero-order valence-electron chi connectivity index (χ0n) is 16.1. The molecule has 1 aromatic rings. The van der Waals surface area contributed by atoms with Crippen molar-refractivity contribution in [3.8, 4) is 5.75 Å². The largest absolute Gasteiger partial charge is 0.492 e. The Morgan fingerprint density at radius 3 is 2.52 bits per heavy atom. The molecule has 1 saturated heterocycles. The minimum Gasteiger partial charge on any atom is -0.492 e. The summed E-state index contributed by atoms with van der Waals surface area (Å²) >= 11 is 0. The molecule has 0 spiro atoms. The highest BCUT2D eigenvalue weighted by atomic mass is 32.2. The maximum absolute atomic E-state index is 12.6. The van der Waals surface area contributed by atoms with Gasteiger partial charge in [0.05, 0.1) is 11.5 Å². The molecule has 2 heterocycles. The van der Waals surface area contributed by atoms with Crippen molar-refractivity contribution in [2.24, 2.45) is 0 Å². The summed E-state index contributed by atoms with van der Waals surface area (Å²) in [5.74, 6) is 0.976. The Kier molecular flexibility index (Phi) is 4.32. The molecule has 0 bridgehead atoms. The number of nitrogens with zero attached hydrogens (tertiary/aromatic N) is 1. The first-order valence-corrected chi connectivity index (χ1v) is 10.4. The van der Waals surface area contributed by atoms with Crippen LogP contribution in [0.5, 0.6) is 5.75 Å². The van der Waals surface area contributed by atoms with Crippen LogP contribution < -0.4 is 4.74 Å². The van der Waals surface area contributed by atoms with Crippen molar-refractivity contribution >= 4 is 16.1 Å². The molecule has 0 unspecified atom stereocenters. The average Bonchev–Trinajstić information content (AvgIpc) is 2.95. The van der Waals surface area contributed by atoms with Crippen LogP contribution in [0.1, 0.15) is 64.7 Å². The van der Waals surface area contributed by atoms with E-state index in [2.05, 4.69) is 46.8 Å². The second-order valence-corrected chi connectivity index (χ2v) is 10.7. The lowest BCUT2D eigenvalue weighted by atomic mass is 9.79. The molecule has 0 atom stereocenters. The molecule has 1 fully saturated rings. The highest BCUT2D eigenvalue weighted by molar-refractivity contribution is 7.93. The number of sulfonamides is 1. The number of fused-ring (bicyclic) bond motifs is 1. The molecular weight excluding hydrogens is 334 g/mol. The topological polar surface area (TPSA) is 46.6 Å². The number of hydrogen-bond acceptors (Lipinski definition) is 3. The van der Waals surface area contributed by atoms with Crippen molar-refractivity contribution in [3.63, 3.8) is 0 Å². The van der Waals surface area contributed by atoms with Gasteiger partial charge in [-0.25, -0.2) is 8.42 Å². The van der Waals surface area contributed by atoms with Crippen LogP contribution >= 0.6 is 0 Å². The molecule has 0 N–H and O–H groups in total. The van der Waals surface area contributed by atoms with E-state index in [9.17, 15) is 8.42 Å². The van der Waals surface area contributed by atoms with Crippen LogP contribution in [-0.4, -0.2) is 32.4 Å². The summed E-state index contributed by atoms with van der Waals surface area (Å²) in [5, 5.41) is 0. The number of rotatable bonds is 2. The van der Waals surface area contributed by atoms with E-state index < -0.39 is 10.0 Å². The SMILES string of the molecule is CCN1CC/C(=C\c2cc(C(C)(C)C)c3c(c2)C(C)(C)CO3)S1(=O)=O. The lowest BCUT2D eigenvalue weighted by Crippen LogP contribution is -2.24. The highest BCUT2D eigenvalue weighted by Gasteiger charge is 2.37. The zero-order valence-corrected chi connectivity index (χ0v) is 17.0. The van der Waals surface area contributed by atoms with Crippen molar-refractivity contribution in [1.82, 2.24) is 4.31 Å². The summed E-state index contributed by atoms with van der Waals surface area (Å²) in [7, 11) is -3.30. The van der Waals surface area contributed by atoms with Gasteiger partial charge in [0.15, 0.2) is 0 Å². The minimum absolute atomic E-state index is 0.0617. The van der Waals surface area contributed by atoms with Crippen LogP contribution in [0.25, 0.3) is 6.08 Å². The summed E-state index contributed by atoms with van der Waals surface area (Å²) in [6, 6.07) is 4.20. The molecule has 2 aliphatic rings. The third-order valence-electron chi connectivity index (χ3n) is 5.18. The van der Waals surface area contributed by atoms with Crippen molar-refractivity contribution in [3.05, 3.63) is 33.7 Å². The molecule has 1 aromatic carbocycles. The van der Waals surface area contributed by atoms with E-state index in [4.69, 9.17) is 4.74 Å². The summed E-state index contributed by atoms with van der Waals surface area (Å²) in [6.07, 6.45) is 2.44. The molecule has 0 aromatic heterocycles. The maximum Gasteiger partial charge on any atom is 0.239 e. The second-order valence-electron chi connectivity index (χ2n) is 8.73. The van der Waals surface area contributed by atoms with Crippen molar-refractivity contribution in [1.29, 1.82) is 0 Å². The lowest BCUT2D eigenvalue weighted by Gasteiger charge is -2.24. The smallest absolute Gasteiger partial charge is 0.239 e. The molecule has 0 saturated carbocycles. The fourth-order valence-corrected chi connectivity index (χ4v) is 5.23. The Bertz CT molecular complexity index is 829. The predicted molar refractivity (Wildman–Crippen MR) is 102 cm³/mol. The second kappa shape index (κ2) is 5.85. The summed E-state index contributed by atoms with van der Waals surface area (Å²) in [4.78, 5) is 0.519. The molecule has 0 radical (unpaired) electrons. The van der Waals surface area contributed by atoms with E-state index in [1.54, 1.807) is 4.31 Å². The third-order valence-corrected chi connectivity index (χ3v) is 7.29. The molecule has 0 aliphatic carbocycles. The zero-order chi connectivity index (χ0) is 18.6. The number of ether oxygens (including phenoxy) is 1.